The quantitative estimate of drug-likeness (QED) is 0.442. The number of ether oxygens (including phenoxy) is 1. The summed E-state index contributed by atoms with van der Waals surface area (Å²) < 4.78 is 6.31. The Morgan fingerprint density at radius 1 is 1.65 bits per heavy atom. The molecule has 17 heavy (non-hydrogen) atoms. The van der Waals surface area contributed by atoms with Crippen LogP contribution in [0.4, 0.5) is 0 Å². The maximum Gasteiger partial charge on any atom is 0.333 e. The molecular weight excluding hydrogens is 220 g/mol. The number of carbonyl (C=O) groups excluding carboxylic acids is 1. The van der Waals surface area contributed by atoms with Crippen LogP contribution < -0.4 is 5.32 Å². The van der Waals surface area contributed by atoms with Crippen molar-refractivity contribution in [2.45, 2.75) is 19.9 Å². The lowest BCUT2D eigenvalue weighted by atomic mass is 10.2. The summed E-state index contributed by atoms with van der Waals surface area (Å²) in [5.41, 5.74) is 0.675. The number of methoxy groups -OCH3 is 1. The van der Waals surface area contributed by atoms with E-state index in [9.17, 15) is 4.79 Å². The molecule has 0 saturated carbocycles. The third-order valence-electron chi connectivity index (χ3n) is 2.25. The fourth-order valence-electron chi connectivity index (χ4n) is 1.35. The lowest BCUT2D eigenvalue weighted by Gasteiger charge is -2.02. The molecule has 0 saturated heterocycles. The minimum atomic E-state index is -0.273. The molecule has 94 valence electrons. The van der Waals surface area contributed by atoms with Gasteiger partial charge in [-0.05, 0) is 6.42 Å². The van der Waals surface area contributed by atoms with Gasteiger partial charge in [0.1, 0.15) is 6.33 Å². The van der Waals surface area contributed by atoms with Crippen LogP contribution in [-0.2, 0) is 23.1 Å². The molecule has 1 aromatic rings. The van der Waals surface area contributed by atoms with Crippen molar-refractivity contribution in [3.63, 3.8) is 0 Å². The van der Waals surface area contributed by atoms with E-state index in [1.54, 1.807) is 11.0 Å². The highest BCUT2D eigenvalue weighted by Gasteiger charge is 2.05. The van der Waals surface area contributed by atoms with Crippen molar-refractivity contribution < 1.29 is 9.53 Å². The topological polar surface area (TPSA) is 69.0 Å². The summed E-state index contributed by atoms with van der Waals surface area (Å²) in [6.45, 7) is 3.09. The van der Waals surface area contributed by atoms with Crippen molar-refractivity contribution in [3.05, 3.63) is 23.8 Å². The first-order valence-corrected chi connectivity index (χ1v) is 5.50. The average Bonchev–Trinajstić information content (AvgIpc) is 2.74. The molecule has 6 nitrogen and oxygen atoms in total. The largest absolute Gasteiger partial charge is 0.466 e. The molecule has 1 heterocycles. The molecule has 6 heteroatoms. The molecule has 1 rings (SSSR count). The Balaban J connectivity index is 2.35. The molecular formula is C11H18N4O2. The maximum atomic E-state index is 11.3. The van der Waals surface area contributed by atoms with Crippen LogP contribution >= 0.6 is 0 Å². The van der Waals surface area contributed by atoms with E-state index in [4.69, 9.17) is 0 Å². The van der Waals surface area contributed by atoms with E-state index in [1.165, 1.54) is 7.11 Å². The normalized spacial score (nSPS) is 11.6. The molecule has 0 unspecified atom stereocenters. The Hall–Kier alpha value is -1.69. The van der Waals surface area contributed by atoms with Crippen LogP contribution in [0.2, 0.25) is 0 Å². The van der Waals surface area contributed by atoms with Gasteiger partial charge in [0.05, 0.1) is 13.7 Å². The molecule has 0 amide bonds. The zero-order valence-corrected chi connectivity index (χ0v) is 10.4. The van der Waals surface area contributed by atoms with Crippen LogP contribution in [0.3, 0.4) is 0 Å². The van der Waals surface area contributed by atoms with Crippen LogP contribution in [0.5, 0.6) is 0 Å². The van der Waals surface area contributed by atoms with Crippen molar-refractivity contribution in [1.29, 1.82) is 0 Å². The van der Waals surface area contributed by atoms with Crippen molar-refractivity contribution >= 4 is 5.97 Å². The van der Waals surface area contributed by atoms with E-state index in [-0.39, 0.29) is 5.97 Å². The Morgan fingerprint density at radius 3 is 2.94 bits per heavy atom. The van der Waals surface area contributed by atoms with Crippen molar-refractivity contribution in [2.75, 3.05) is 13.7 Å². The number of hydrogen-bond acceptors (Lipinski definition) is 5. The number of hydrogen-bond donors (Lipinski definition) is 1. The van der Waals surface area contributed by atoms with Crippen molar-refractivity contribution in [1.82, 2.24) is 20.1 Å². The summed E-state index contributed by atoms with van der Waals surface area (Å²) in [6, 6.07) is 0. The Bertz CT molecular complexity index is 398. The predicted molar refractivity (Wildman–Crippen MR) is 63.1 cm³/mol. The molecule has 0 atom stereocenters. The van der Waals surface area contributed by atoms with Crippen LogP contribution in [0.1, 0.15) is 19.2 Å². The highest BCUT2D eigenvalue weighted by Crippen LogP contribution is 2.01. The van der Waals surface area contributed by atoms with Crippen molar-refractivity contribution in [2.24, 2.45) is 7.05 Å². The smallest absolute Gasteiger partial charge is 0.333 e. The number of carbonyl (C=O) groups is 1. The third-order valence-corrected chi connectivity index (χ3v) is 2.25. The van der Waals surface area contributed by atoms with Crippen molar-refractivity contribution in [3.8, 4) is 0 Å². The van der Waals surface area contributed by atoms with Crippen LogP contribution in [0, 0.1) is 0 Å². The molecule has 0 radical (unpaired) electrons. The standard InChI is InChI=1S/C11H18N4O2/c1-4-9(11(16)17-3)5-6-12-7-10-13-8-15(2)14-10/h5,8,12H,4,6-7H2,1-3H3. The second kappa shape index (κ2) is 6.80. The molecule has 0 aliphatic heterocycles. The summed E-state index contributed by atoms with van der Waals surface area (Å²) >= 11 is 0. The molecule has 0 spiro atoms. The zero-order chi connectivity index (χ0) is 12.7. The van der Waals surface area contributed by atoms with Crippen LogP contribution in [0.25, 0.3) is 0 Å². The summed E-state index contributed by atoms with van der Waals surface area (Å²) in [4.78, 5) is 15.3. The van der Waals surface area contributed by atoms with Gasteiger partial charge in [0.15, 0.2) is 5.82 Å². The fourth-order valence-corrected chi connectivity index (χ4v) is 1.35. The highest BCUT2D eigenvalue weighted by atomic mass is 16.5. The molecule has 0 fully saturated rings. The highest BCUT2D eigenvalue weighted by molar-refractivity contribution is 5.88. The van der Waals surface area contributed by atoms with Gasteiger partial charge in [-0.15, -0.1) is 0 Å². The Labute approximate surface area is 101 Å². The van der Waals surface area contributed by atoms with E-state index in [2.05, 4.69) is 20.1 Å². The first-order valence-electron chi connectivity index (χ1n) is 5.50. The summed E-state index contributed by atoms with van der Waals surface area (Å²) in [7, 11) is 3.21. The van der Waals surface area contributed by atoms with E-state index in [0.717, 1.165) is 5.82 Å². The number of nitrogens with zero attached hydrogens (tertiary/aromatic N) is 3. The monoisotopic (exact) mass is 238 g/mol. The molecule has 0 aliphatic carbocycles. The Morgan fingerprint density at radius 2 is 2.41 bits per heavy atom. The lowest BCUT2D eigenvalue weighted by molar-refractivity contribution is -0.136. The SMILES string of the molecule is CCC(=CCNCc1ncn(C)n1)C(=O)OC. The van der Waals surface area contributed by atoms with Gasteiger partial charge < -0.3 is 10.1 Å². The third kappa shape index (κ3) is 4.36. The number of rotatable bonds is 6. The number of esters is 1. The van der Waals surface area contributed by atoms with Gasteiger partial charge in [-0.2, -0.15) is 5.10 Å². The van der Waals surface area contributed by atoms with Gasteiger partial charge in [0.2, 0.25) is 0 Å². The van der Waals surface area contributed by atoms with E-state index < -0.39 is 0 Å². The van der Waals surface area contributed by atoms with Gasteiger partial charge in [0.25, 0.3) is 0 Å². The van der Waals surface area contributed by atoms with Crippen LogP contribution in [-0.4, -0.2) is 34.4 Å². The second-order valence-electron chi connectivity index (χ2n) is 3.54. The maximum absolute atomic E-state index is 11.3. The fraction of sp³-hybridized carbons (Fsp3) is 0.545. The summed E-state index contributed by atoms with van der Waals surface area (Å²) in [5, 5.41) is 7.27. The van der Waals surface area contributed by atoms with E-state index >= 15 is 0 Å². The first kappa shape index (κ1) is 13.4. The molecule has 1 N–H and O–H groups in total. The van der Waals surface area contributed by atoms with Gasteiger partial charge in [0, 0.05) is 19.2 Å². The van der Waals surface area contributed by atoms with Gasteiger partial charge in [-0.3, -0.25) is 4.68 Å². The van der Waals surface area contributed by atoms with Gasteiger partial charge in [-0.25, -0.2) is 9.78 Å². The molecule has 0 bridgehead atoms. The number of aromatic nitrogens is 3. The Kier molecular flexibility index (Phi) is 5.35. The lowest BCUT2D eigenvalue weighted by Crippen LogP contribution is -2.16. The molecule has 0 aromatic carbocycles. The molecule has 0 aliphatic rings. The average molecular weight is 238 g/mol. The minimum Gasteiger partial charge on any atom is -0.466 e. The molecule has 1 aromatic heterocycles. The number of aryl methyl sites for hydroxylation is 1. The van der Waals surface area contributed by atoms with E-state index in [0.29, 0.717) is 25.1 Å². The summed E-state index contributed by atoms with van der Waals surface area (Å²) in [6.07, 6.45) is 4.14. The second-order valence-corrected chi connectivity index (χ2v) is 3.54. The van der Waals surface area contributed by atoms with Gasteiger partial charge >= 0.3 is 5.97 Å². The first-order chi connectivity index (χ1) is 8.17. The summed E-state index contributed by atoms with van der Waals surface area (Å²) in [5.74, 6) is 0.460. The van der Waals surface area contributed by atoms with Gasteiger partial charge in [-0.1, -0.05) is 13.0 Å². The van der Waals surface area contributed by atoms with E-state index in [1.807, 2.05) is 20.0 Å². The van der Waals surface area contributed by atoms with Crippen LogP contribution in [0.15, 0.2) is 18.0 Å². The minimum absolute atomic E-state index is 0.273. The number of nitrogens with one attached hydrogen (secondary N) is 1. The predicted octanol–water partition coefficient (Wildman–Crippen LogP) is 0.414. The zero-order valence-electron chi connectivity index (χ0n) is 10.4.